The van der Waals surface area contributed by atoms with Gasteiger partial charge in [-0.15, -0.1) is 5.10 Å². The lowest BCUT2D eigenvalue weighted by Crippen LogP contribution is -2.47. The molecule has 11 nitrogen and oxygen atoms in total. The van der Waals surface area contributed by atoms with Crippen LogP contribution in [0.4, 0.5) is 11.4 Å². The van der Waals surface area contributed by atoms with Crippen LogP contribution in [-0.4, -0.2) is 78.3 Å². The number of nitrogens with zero attached hydrogens (tertiary/aromatic N) is 9. The van der Waals surface area contributed by atoms with Crippen LogP contribution in [0.2, 0.25) is 0 Å². The Bertz CT molecular complexity index is 1550. The molecule has 5 heterocycles. The van der Waals surface area contributed by atoms with Gasteiger partial charge in [0.05, 0.1) is 46.9 Å². The molecule has 11 heteroatoms. The van der Waals surface area contributed by atoms with E-state index in [1.807, 2.05) is 43.2 Å². The second-order valence-corrected chi connectivity index (χ2v) is 12.2. The van der Waals surface area contributed by atoms with Crippen molar-refractivity contribution in [1.29, 1.82) is 0 Å². The number of carbonyl (C=O) groups excluding carboxylic acids is 1. The quantitative estimate of drug-likeness (QED) is 0.364. The van der Waals surface area contributed by atoms with E-state index in [2.05, 4.69) is 67.3 Å². The van der Waals surface area contributed by atoms with Crippen molar-refractivity contribution in [2.75, 3.05) is 42.9 Å². The maximum absolute atomic E-state index is 13.0. The lowest BCUT2D eigenvalue weighted by Gasteiger charge is -2.36. The molecule has 1 N–H and O–H groups in total. The Morgan fingerprint density at radius 3 is 2.51 bits per heavy atom. The molecule has 1 saturated heterocycles. The third-order valence-electron chi connectivity index (χ3n) is 7.78. The van der Waals surface area contributed by atoms with Gasteiger partial charge in [0, 0.05) is 50.2 Å². The Morgan fingerprint density at radius 2 is 1.80 bits per heavy atom. The summed E-state index contributed by atoms with van der Waals surface area (Å²) in [4.78, 5) is 27.0. The molecular formula is C30H38N10O. The Kier molecular flexibility index (Phi) is 7.06. The highest BCUT2D eigenvalue weighted by molar-refractivity contribution is 6.03. The topological polar surface area (TPSA) is 110 Å². The number of aromatic nitrogens is 7. The molecule has 1 aliphatic heterocycles. The Balaban J connectivity index is 1.16. The van der Waals surface area contributed by atoms with E-state index in [-0.39, 0.29) is 11.4 Å². The number of carbonyl (C=O) groups is 1. The first-order valence-electron chi connectivity index (χ1n) is 14.3. The maximum Gasteiger partial charge on any atom is 0.276 e. The van der Waals surface area contributed by atoms with Gasteiger partial charge in [0.25, 0.3) is 5.91 Å². The largest absolute Gasteiger partial charge is 0.368 e. The minimum Gasteiger partial charge on any atom is -0.368 e. The molecule has 0 bridgehead atoms. The molecule has 1 saturated carbocycles. The average molecular weight is 555 g/mol. The van der Waals surface area contributed by atoms with Gasteiger partial charge in [0.15, 0.2) is 5.69 Å². The first-order valence-corrected chi connectivity index (χ1v) is 14.3. The van der Waals surface area contributed by atoms with Crippen LogP contribution in [0.15, 0.2) is 43.0 Å². The van der Waals surface area contributed by atoms with Gasteiger partial charge >= 0.3 is 0 Å². The van der Waals surface area contributed by atoms with Gasteiger partial charge in [-0.3, -0.25) is 24.3 Å². The Morgan fingerprint density at radius 1 is 1.02 bits per heavy atom. The summed E-state index contributed by atoms with van der Waals surface area (Å²) in [6.45, 7) is 15.5. The lowest BCUT2D eigenvalue weighted by atomic mass is 10.1. The number of nitrogens with one attached hydrogen (secondary N) is 1. The monoisotopic (exact) mass is 554 g/mol. The van der Waals surface area contributed by atoms with E-state index in [0.29, 0.717) is 11.4 Å². The molecule has 214 valence electrons. The fraction of sp³-hybridized carbons (Fsp3) is 0.467. The number of hydrogen-bond acceptors (Lipinski definition) is 8. The van der Waals surface area contributed by atoms with Crippen molar-refractivity contribution in [3.8, 4) is 16.9 Å². The standard InChI is InChI=1S/C30H38N10O/c1-20-12-26(35-40(20)30(3,4)5)29(41)33-24-14-28(21(2)32-16-24)39-19-27(34-36-39)23-13-25(17-31-15-23)38-10-8-37(9-11-38)18-22-6-7-22/h12-17,19,22H,6-11,18H2,1-5H3,(H,33,41). The summed E-state index contributed by atoms with van der Waals surface area (Å²) in [5, 5.41) is 16.3. The van der Waals surface area contributed by atoms with E-state index in [0.717, 1.165) is 66.1 Å². The summed E-state index contributed by atoms with van der Waals surface area (Å²) in [5.74, 6) is 0.635. The molecule has 1 aliphatic carbocycles. The van der Waals surface area contributed by atoms with Gasteiger partial charge in [-0.25, -0.2) is 4.68 Å². The van der Waals surface area contributed by atoms with Crippen LogP contribution in [0.3, 0.4) is 0 Å². The SMILES string of the molecule is Cc1ncc(NC(=O)c2cc(C)n(C(C)(C)C)n2)cc1-n1cc(-c2cncc(N3CCN(CC4CC4)CC3)c2)nn1. The first kappa shape index (κ1) is 27.1. The fourth-order valence-electron chi connectivity index (χ4n) is 5.39. The summed E-state index contributed by atoms with van der Waals surface area (Å²) in [7, 11) is 0. The van der Waals surface area contributed by atoms with E-state index >= 15 is 0 Å². The zero-order chi connectivity index (χ0) is 28.7. The normalized spacial score (nSPS) is 16.3. The molecule has 4 aromatic heterocycles. The van der Waals surface area contributed by atoms with E-state index in [4.69, 9.17) is 0 Å². The minimum absolute atomic E-state index is 0.217. The summed E-state index contributed by atoms with van der Waals surface area (Å²) in [5.41, 5.74) is 5.87. The van der Waals surface area contributed by atoms with E-state index < -0.39 is 0 Å². The number of amides is 1. The minimum atomic E-state index is -0.289. The van der Waals surface area contributed by atoms with Crippen LogP contribution in [0.1, 0.15) is 55.5 Å². The molecule has 0 unspecified atom stereocenters. The van der Waals surface area contributed by atoms with Crippen LogP contribution in [0, 0.1) is 19.8 Å². The molecular weight excluding hydrogens is 516 g/mol. The summed E-state index contributed by atoms with van der Waals surface area (Å²) in [6.07, 6.45) is 10.0. The lowest BCUT2D eigenvalue weighted by molar-refractivity contribution is 0.102. The highest BCUT2D eigenvalue weighted by atomic mass is 16.2. The van der Waals surface area contributed by atoms with Crippen molar-refractivity contribution in [1.82, 2.24) is 39.6 Å². The van der Waals surface area contributed by atoms with Crippen LogP contribution in [0.25, 0.3) is 16.9 Å². The zero-order valence-electron chi connectivity index (χ0n) is 24.5. The van der Waals surface area contributed by atoms with E-state index in [9.17, 15) is 4.79 Å². The fourth-order valence-corrected chi connectivity index (χ4v) is 5.39. The molecule has 2 fully saturated rings. The number of rotatable bonds is 7. The van der Waals surface area contributed by atoms with Gasteiger partial charge in [0.2, 0.25) is 0 Å². The second-order valence-electron chi connectivity index (χ2n) is 12.2. The number of aryl methyl sites for hydroxylation is 2. The van der Waals surface area contributed by atoms with Gasteiger partial charge in [-0.05, 0) is 71.6 Å². The average Bonchev–Trinajstić information content (AvgIpc) is 3.45. The third kappa shape index (κ3) is 6.00. The molecule has 41 heavy (non-hydrogen) atoms. The predicted octanol–water partition coefficient (Wildman–Crippen LogP) is 4.08. The van der Waals surface area contributed by atoms with Crippen molar-refractivity contribution in [2.24, 2.45) is 5.92 Å². The van der Waals surface area contributed by atoms with Crippen LogP contribution >= 0.6 is 0 Å². The van der Waals surface area contributed by atoms with Crippen molar-refractivity contribution in [3.05, 3.63) is 60.1 Å². The molecule has 2 aliphatic rings. The van der Waals surface area contributed by atoms with E-state index in [1.54, 1.807) is 16.9 Å². The molecule has 0 radical (unpaired) electrons. The van der Waals surface area contributed by atoms with Crippen molar-refractivity contribution >= 4 is 17.3 Å². The highest BCUT2D eigenvalue weighted by Crippen LogP contribution is 2.30. The van der Waals surface area contributed by atoms with Crippen LogP contribution in [0.5, 0.6) is 0 Å². The molecule has 0 atom stereocenters. The summed E-state index contributed by atoms with van der Waals surface area (Å²) in [6, 6.07) is 5.78. The van der Waals surface area contributed by atoms with Crippen molar-refractivity contribution < 1.29 is 4.79 Å². The molecule has 1 amide bonds. The van der Waals surface area contributed by atoms with Crippen LogP contribution in [-0.2, 0) is 5.54 Å². The number of anilines is 2. The van der Waals surface area contributed by atoms with Gasteiger partial charge in [0.1, 0.15) is 5.69 Å². The predicted molar refractivity (Wildman–Crippen MR) is 158 cm³/mol. The molecule has 4 aromatic rings. The Hall–Kier alpha value is -4.12. The smallest absolute Gasteiger partial charge is 0.276 e. The second kappa shape index (κ2) is 10.7. The van der Waals surface area contributed by atoms with Crippen molar-refractivity contribution in [2.45, 2.75) is 53.0 Å². The number of piperazine rings is 1. The molecule has 6 rings (SSSR count). The van der Waals surface area contributed by atoms with Gasteiger partial charge in [-0.1, -0.05) is 5.21 Å². The van der Waals surface area contributed by atoms with Crippen LogP contribution < -0.4 is 10.2 Å². The summed E-state index contributed by atoms with van der Waals surface area (Å²) < 4.78 is 3.55. The molecule has 0 spiro atoms. The first-order chi connectivity index (χ1) is 19.6. The Labute approximate surface area is 240 Å². The van der Waals surface area contributed by atoms with Gasteiger partial charge in [-0.2, -0.15) is 5.10 Å². The molecule has 0 aromatic carbocycles. The van der Waals surface area contributed by atoms with Gasteiger partial charge < -0.3 is 10.2 Å². The van der Waals surface area contributed by atoms with Crippen molar-refractivity contribution in [3.63, 3.8) is 0 Å². The zero-order valence-corrected chi connectivity index (χ0v) is 24.5. The maximum atomic E-state index is 13.0. The number of hydrogen-bond donors (Lipinski definition) is 1. The third-order valence-corrected chi connectivity index (χ3v) is 7.78. The van der Waals surface area contributed by atoms with E-state index in [1.165, 1.54) is 19.4 Å². The summed E-state index contributed by atoms with van der Waals surface area (Å²) >= 11 is 0. The highest BCUT2D eigenvalue weighted by Gasteiger charge is 2.27. The number of pyridine rings is 2.